The Labute approximate surface area is 181 Å². The zero-order valence-corrected chi connectivity index (χ0v) is 17.8. The molecule has 0 aromatic heterocycles. The number of carbonyl (C=O) groups excluding carboxylic acids is 1. The van der Waals surface area contributed by atoms with Gasteiger partial charge in [0.1, 0.15) is 0 Å². The number of nitrogens with zero attached hydrogens (tertiary/aromatic N) is 1. The largest absolute Gasteiger partial charge is 0.324 e. The first-order chi connectivity index (χ1) is 14.4. The van der Waals surface area contributed by atoms with Crippen LogP contribution in [0.15, 0.2) is 72.8 Å². The summed E-state index contributed by atoms with van der Waals surface area (Å²) in [5, 5.41) is 3.11. The van der Waals surface area contributed by atoms with Crippen molar-refractivity contribution in [2.24, 2.45) is 0 Å². The van der Waals surface area contributed by atoms with Gasteiger partial charge in [-0.25, -0.2) is 8.42 Å². The molecule has 0 bridgehead atoms. The number of halogens is 1. The highest BCUT2D eigenvalue weighted by atomic mass is 35.5. The summed E-state index contributed by atoms with van der Waals surface area (Å²) < 4.78 is 25.5. The van der Waals surface area contributed by atoms with Gasteiger partial charge >= 0.3 is 0 Å². The Morgan fingerprint density at radius 2 is 1.67 bits per heavy atom. The van der Waals surface area contributed by atoms with Crippen LogP contribution in [-0.2, 0) is 21.2 Å². The Bertz CT molecular complexity index is 1160. The predicted molar refractivity (Wildman–Crippen MR) is 121 cm³/mol. The first-order valence-corrected chi connectivity index (χ1v) is 11.7. The topological polar surface area (TPSA) is 66.5 Å². The van der Waals surface area contributed by atoms with E-state index in [1.54, 1.807) is 18.2 Å². The summed E-state index contributed by atoms with van der Waals surface area (Å²) >= 11 is 6.30. The molecule has 0 unspecified atom stereocenters. The smallest absolute Gasteiger partial charge is 0.235 e. The molecule has 5 nitrogen and oxygen atoms in total. The van der Waals surface area contributed by atoms with E-state index >= 15 is 0 Å². The van der Waals surface area contributed by atoms with Crippen molar-refractivity contribution in [3.63, 3.8) is 0 Å². The summed E-state index contributed by atoms with van der Waals surface area (Å²) in [7, 11) is -3.27. The van der Waals surface area contributed by atoms with Gasteiger partial charge in [-0.3, -0.25) is 9.10 Å². The predicted octanol–water partition coefficient (Wildman–Crippen LogP) is 4.73. The van der Waals surface area contributed by atoms with Gasteiger partial charge in [0.2, 0.25) is 15.9 Å². The van der Waals surface area contributed by atoms with Crippen molar-refractivity contribution in [3.05, 3.63) is 83.4 Å². The van der Waals surface area contributed by atoms with Crippen LogP contribution in [0.1, 0.15) is 12.0 Å². The minimum absolute atomic E-state index is 0.145. The number of rotatable bonds is 5. The molecule has 0 spiro atoms. The van der Waals surface area contributed by atoms with Gasteiger partial charge in [0.15, 0.2) is 0 Å². The molecule has 1 fully saturated rings. The molecule has 3 aromatic carbocycles. The lowest BCUT2D eigenvalue weighted by atomic mass is 10.0. The van der Waals surface area contributed by atoms with Gasteiger partial charge in [-0.1, -0.05) is 66.2 Å². The average Bonchev–Trinajstić information content (AvgIpc) is 3.10. The van der Waals surface area contributed by atoms with Crippen LogP contribution in [-0.4, -0.2) is 26.6 Å². The summed E-state index contributed by atoms with van der Waals surface area (Å²) in [6.45, 7) is 0.448. The molecule has 4 rings (SSSR count). The van der Waals surface area contributed by atoms with E-state index in [2.05, 4.69) is 5.32 Å². The van der Waals surface area contributed by atoms with E-state index in [0.717, 1.165) is 16.7 Å². The third-order valence-electron chi connectivity index (χ3n) is 5.04. The fourth-order valence-corrected chi connectivity index (χ4v) is 5.29. The van der Waals surface area contributed by atoms with E-state index in [-0.39, 0.29) is 18.1 Å². The number of carbonyl (C=O) groups is 1. The van der Waals surface area contributed by atoms with Crippen molar-refractivity contribution in [2.45, 2.75) is 12.8 Å². The van der Waals surface area contributed by atoms with E-state index in [4.69, 9.17) is 11.6 Å². The van der Waals surface area contributed by atoms with E-state index in [9.17, 15) is 13.2 Å². The molecule has 1 aliphatic rings. The summed E-state index contributed by atoms with van der Waals surface area (Å²) in [6, 6.07) is 22.8. The number of benzene rings is 3. The fraction of sp³-hybridized carbons (Fsp3) is 0.174. The van der Waals surface area contributed by atoms with Gasteiger partial charge in [0, 0.05) is 6.54 Å². The van der Waals surface area contributed by atoms with Crippen molar-refractivity contribution in [3.8, 4) is 11.1 Å². The maximum absolute atomic E-state index is 12.5. The third kappa shape index (κ3) is 4.50. The van der Waals surface area contributed by atoms with Crippen molar-refractivity contribution >= 4 is 38.9 Å². The molecule has 1 N–H and O–H groups in total. The van der Waals surface area contributed by atoms with Crippen LogP contribution in [0.3, 0.4) is 0 Å². The molecule has 7 heteroatoms. The normalized spacial score (nSPS) is 15.2. The maximum Gasteiger partial charge on any atom is 0.235 e. The van der Waals surface area contributed by atoms with Crippen molar-refractivity contribution < 1.29 is 13.2 Å². The van der Waals surface area contributed by atoms with Gasteiger partial charge in [-0.05, 0) is 41.3 Å². The van der Waals surface area contributed by atoms with Crippen LogP contribution in [0.25, 0.3) is 11.1 Å². The Morgan fingerprint density at radius 3 is 2.30 bits per heavy atom. The molecule has 0 radical (unpaired) electrons. The van der Waals surface area contributed by atoms with Crippen LogP contribution in [0, 0.1) is 0 Å². The Balaban J connectivity index is 1.42. The van der Waals surface area contributed by atoms with E-state index in [1.165, 1.54) is 4.31 Å². The SMILES string of the molecule is O=C(Cc1ccc(-c2ccccc2)cc1)Nc1ccc(N2CCCS2(=O)=O)cc1Cl. The highest BCUT2D eigenvalue weighted by molar-refractivity contribution is 7.93. The van der Waals surface area contributed by atoms with Crippen LogP contribution in [0.4, 0.5) is 11.4 Å². The van der Waals surface area contributed by atoms with Crippen LogP contribution >= 0.6 is 11.6 Å². The van der Waals surface area contributed by atoms with Crippen LogP contribution in [0.2, 0.25) is 5.02 Å². The summed E-state index contributed by atoms with van der Waals surface area (Å²) in [4.78, 5) is 12.5. The summed E-state index contributed by atoms with van der Waals surface area (Å²) in [5.41, 5.74) is 4.09. The Morgan fingerprint density at radius 1 is 0.967 bits per heavy atom. The lowest BCUT2D eigenvalue weighted by Gasteiger charge is -2.18. The highest BCUT2D eigenvalue weighted by Crippen LogP contribution is 2.31. The van der Waals surface area contributed by atoms with Gasteiger partial charge in [0.25, 0.3) is 0 Å². The molecule has 1 saturated heterocycles. The molecular weight excluding hydrogens is 420 g/mol. The van der Waals surface area contributed by atoms with Crippen LogP contribution in [0.5, 0.6) is 0 Å². The van der Waals surface area contributed by atoms with E-state index in [1.807, 2.05) is 54.6 Å². The van der Waals surface area contributed by atoms with Gasteiger partial charge < -0.3 is 5.32 Å². The molecule has 30 heavy (non-hydrogen) atoms. The lowest BCUT2D eigenvalue weighted by Crippen LogP contribution is -2.25. The molecule has 154 valence electrons. The van der Waals surface area contributed by atoms with Gasteiger partial charge in [-0.15, -0.1) is 0 Å². The zero-order valence-electron chi connectivity index (χ0n) is 16.2. The van der Waals surface area contributed by atoms with E-state index in [0.29, 0.717) is 29.4 Å². The third-order valence-corrected chi connectivity index (χ3v) is 7.22. The van der Waals surface area contributed by atoms with Gasteiger partial charge in [-0.2, -0.15) is 0 Å². The number of hydrogen-bond acceptors (Lipinski definition) is 3. The molecule has 1 aliphatic heterocycles. The number of amides is 1. The Hall–Kier alpha value is -2.83. The summed E-state index contributed by atoms with van der Waals surface area (Å²) in [6.07, 6.45) is 0.815. The molecule has 1 amide bonds. The monoisotopic (exact) mass is 440 g/mol. The molecule has 0 atom stereocenters. The van der Waals surface area contributed by atoms with Crippen molar-refractivity contribution in [1.29, 1.82) is 0 Å². The minimum Gasteiger partial charge on any atom is -0.324 e. The first-order valence-electron chi connectivity index (χ1n) is 9.66. The lowest BCUT2D eigenvalue weighted by molar-refractivity contribution is -0.115. The molecule has 3 aromatic rings. The zero-order chi connectivity index (χ0) is 21.1. The van der Waals surface area contributed by atoms with Gasteiger partial charge in [0.05, 0.1) is 28.6 Å². The van der Waals surface area contributed by atoms with Crippen LogP contribution < -0.4 is 9.62 Å². The number of sulfonamides is 1. The van der Waals surface area contributed by atoms with E-state index < -0.39 is 10.0 Å². The second-order valence-corrected chi connectivity index (χ2v) is 9.61. The number of hydrogen-bond donors (Lipinski definition) is 1. The second-order valence-electron chi connectivity index (χ2n) is 7.19. The summed E-state index contributed by atoms with van der Waals surface area (Å²) in [5.74, 6) is -0.0440. The molecule has 0 aliphatic carbocycles. The molecule has 0 saturated carbocycles. The first kappa shape index (κ1) is 20.4. The number of anilines is 2. The second kappa shape index (κ2) is 8.50. The Kier molecular flexibility index (Phi) is 5.79. The molecular formula is C23H21ClN2O3S. The molecule has 1 heterocycles. The number of nitrogens with one attached hydrogen (secondary N) is 1. The fourth-order valence-electron chi connectivity index (χ4n) is 3.52. The maximum atomic E-state index is 12.5. The highest BCUT2D eigenvalue weighted by Gasteiger charge is 2.28. The van der Waals surface area contributed by atoms with Crippen molar-refractivity contribution in [1.82, 2.24) is 0 Å². The standard InChI is InChI=1S/C23H21ClN2O3S/c24-21-16-20(26-13-4-14-30(26,28)29)11-12-22(21)25-23(27)15-17-7-9-19(10-8-17)18-5-2-1-3-6-18/h1-3,5-12,16H,4,13-15H2,(H,25,27). The minimum atomic E-state index is -3.27. The quantitative estimate of drug-likeness (QED) is 0.623. The average molecular weight is 441 g/mol. The van der Waals surface area contributed by atoms with Crippen molar-refractivity contribution in [2.75, 3.05) is 21.9 Å².